The predicted octanol–water partition coefficient (Wildman–Crippen LogP) is 3.61. The number of hydrogen-bond donors (Lipinski definition) is 1. The average molecular weight is 341 g/mol. The van der Waals surface area contributed by atoms with Crippen molar-refractivity contribution in [1.29, 1.82) is 0 Å². The molecule has 0 aromatic heterocycles. The highest BCUT2D eigenvalue weighted by atomic mass is 32.2. The molecular formula is C20H23NO2S. The van der Waals surface area contributed by atoms with Gasteiger partial charge in [0.05, 0.1) is 12.2 Å². The van der Waals surface area contributed by atoms with Crippen LogP contribution < -0.4 is 0 Å². The fourth-order valence-corrected chi connectivity index (χ4v) is 3.88. The molecule has 0 aliphatic carbocycles. The monoisotopic (exact) mass is 341 g/mol. The Balaban J connectivity index is 1.63. The molecule has 0 bridgehead atoms. The number of nitrogens with zero attached hydrogens (tertiary/aromatic N) is 1. The van der Waals surface area contributed by atoms with Gasteiger partial charge in [-0.05, 0) is 48.3 Å². The van der Waals surface area contributed by atoms with Gasteiger partial charge in [-0.2, -0.15) is 0 Å². The van der Waals surface area contributed by atoms with Gasteiger partial charge in [-0.15, -0.1) is 11.8 Å². The molecule has 0 spiro atoms. The molecule has 0 saturated carbocycles. The molecule has 3 rings (SSSR count). The Morgan fingerprint density at radius 3 is 2.58 bits per heavy atom. The summed E-state index contributed by atoms with van der Waals surface area (Å²) in [6, 6.07) is 16.0. The zero-order chi connectivity index (χ0) is 16.9. The van der Waals surface area contributed by atoms with Crippen LogP contribution in [0.3, 0.4) is 0 Å². The summed E-state index contributed by atoms with van der Waals surface area (Å²) in [4.78, 5) is 15.8. The fourth-order valence-electron chi connectivity index (χ4n) is 3.29. The Bertz CT molecular complexity index is 699. The third-order valence-electron chi connectivity index (χ3n) is 4.64. The molecular weight excluding hydrogens is 318 g/mol. The van der Waals surface area contributed by atoms with Gasteiger partial charge in [0, 0.05) is 18.0 Å². The van der Waals surface area contributed by atoms with E-state index in [0.717, 1.165) is 42.0 Å². The summed E-state index contributed by atoms with van der Waals surface area (Å²) >= 11 is 1.62. The summed E-state index contributed by atoms with van der Waals surface area (Å²) in [5.41, 5.74) is 3.03. The zero-order valence-corrected chi connectivity index (χ0v) is 14.8. The number of aliphatic hydroxyl groups excluding tert-OH is 1. The van der Waals surface area contributed by atoms with E-state index in [2.05, 4.69) is 12.1 Å². The third-order valence-corrected chi connectivity index (χ3v) is 5.44. The Labute approximate surface area is 147 Å². The number of carbonyl (C=O) groups excluding carboxylic acids is 1. The van der Waals surface area contributed by atoms with E-state index in [-0.39, 0.29) is 12.5 Å². The number of hydrogen-bond acceptors (Lipinski definition) is 3. The van der Waals surface area contributed by atoms with Gasteiger partial charge in [0.2, 0.25) is 0 Å². The second-order valence-corrected chi connectivity index (χ2v) is 7.13. The number of thioether (sulfide) groups is 1. The highest BCUT2D eigenvalue weighted by Gasteiger charge is 2.27. The molecule has 3 nitrogen and oxygen atoms in total. The zero-order valence-electron chi connectivity index (χ0n) is 13.9. The van der Waals surface area contributed by atoms with Gasteiger partial charge in [-0.25, -0.2) is 0 Å². The molecule has 24 heavy (non-hydrogen) atoms. The van der Waals surface area contributed by atoms with Crippen LogP contribution in [0.2, 0.25) is 0 Å². The van der Waals surface area contributed by atoms with Crippen molar-refractivity contribution in [1.82, 2.24) is 4.90 Å². The molecule has 1 unspecified atom stereocenters. The van der Waals surface area contributed by atoms with Gasteiger partial charge in [0.15, 0.2) is 0 Å². The quantitative estimate of drug-likeness (QED) is 0.845. The summed E-state index contributed by atoms with van der Waals surface area (Å²) in [6.07, 6.45) is 4.05. The van der Waals surface area contributed by atoms with E-state index in [1.807, 2.05) is 47.6 Å². The lowest BCUT2D eigenvalue weighted by molar-refractivity contribution is 0.0783. The molecule has 126 valence electrons. The van der Waals surface area contributed by atoms with Crippen LogP contribution in [0.5, 0.6) is 0 Å². The lowest BCUT2D eigenvalue weighted by Gasteiger charge is -2.18. The summed E-state index contributed by atoms with van der Waals surface area (Å²) in [7, 11) is 0. The molecule has 1 amide bonds. The van der Waals surface area contributed by atoms with Crippen molar-refractivity contribution in [2.24, 2.45) is 5.92 Å². The minimum absolute atomic E-state index is 0.0842. The van der Waals surface area contributed by atoms with Crippen LogP contribution in [0, 0.1) is 5.92 Å². The van der Waals surface area contributed by atoms with Gasteiger partial charge < -0.3 is 10.0 Å². The van der Waals surface area contributed by atoms with E-state index < -0.39 is 0 Å². The maximum absolute atomic E-state index is 12.8. The summed E-state index contributed by atoms with van der Waals surface area (Å²) < 4.78 is 0. The minimum atomic E-state index is 0.0842. The van der Waals surface area contributed by atoms with E-state index in [1.165, 1.54) is 5.56 Å². The number of aliphatic hydroxyl groups is 1. The predicted molar refractivity (Wildman–Crippen MR) is 98.3 cm³/mol. The normalized spacial score (nSPS) is 17.2. The second-order valence-electron chi connectivity index (χ2n) is 6.28. The molecule has 1 atom stereocenters. The van der Waals surface area contributed by atoms with Crippen LogP contribution in [0.1, 0.15) is 27.9 Å². The summed E-state index contributed by atoms with van der Waals surface area (Å²) in [6.45, 7) is 1.74. The van der Waals surface area contributed by atoms with E-state index >= 15 is 0 Å². The largest absolute Gasteiger partial charge is 0.392 e. The smallest absolute Gasteiger partial charge is 0.254 e. The Morgan fingerprint density at radius 2 is 1.88 bits per heavy atom. The van der Waals surface area contributed by atoms with E-state index in [4.69, 9.17) is 5.11 Å². The third kappa shape index (κ3) is 3.82. The molecule has 1 N–H and O–H groups in total. The van der Waals surface area contributed by atoms with Gasteiger partial charge in [0.1, 0.15) is 0 Å². The maximum atomic E-state index is 12.8. The number of amides is 1. The topological polar surface area (TPSA) is 40.5 Å². The molecule has 0 radical (unpaired) electrons. The summed E-state index contributed by atoms with van der Waals surface area (Å²) in [5.74, 6) is 0.661. The van der Waals surface area contributed by atoms with Crippen LogP contribution in [0.25, 0.3) is 0 Å². The van der Waals surface area contributed by atoms with Gasteiger partial charge in [0.25, 0.3) is 5.91 Å². The standard InChI is InChI=1S/C20H23NO2S/c1-24-19-5-3-2-4-18(19)20(23)21-11-10-17(13-21)12-15-6-8-16(14-22)9-7-15/h2-9,17,22H,10-14H2,1H3. The maximum Gasteiger partial charge on any atom is 0.254 e. The van der Waals surface area contributed by atoms with Crippen LogP contribution >= 0.6 is 11.8 Å². The van der Waals surface area contributed by atoms with Crippen molar-refractivity contribution < 1.29 is 9.90 Å². The molecule has 1 saturated heterocycles. The van der Waals surface area contributed by atoms with Crippen molar-refractivity contribution in [2.45, 2.75) is 24.3 Å². The fraction of sp³-hybridized carbons (Fsp3) is 0.350. The first-order chi connectivity index (χ1) is 11.7. The first-order valence-electron chi connectivity index (χ1n) is 8.32. The van der Waals surface area contributed by atoms with E-state index in [1.54, 1.807) is 11.8 Å². The number of benzene rings is 2. The van der Waals surface area contributed by atoms with Crippen molar-refractivity contribution in [3.05, 3.63) is 65.2 Å². The Hall–Kier alpha value is -1.78. The van der Waals surface area contributed by atoms with Crippen molar-refractivity contribution in [3.8, 4) is 0 Å². The van der Waals surface area contributed by atoms with Crippen molar-refractivity contribution in [2.75, 3.05) is 19.3 Å². The second kappa shape index (κ2) is 7.86. The van der Waals surface area contributed by atoms with Gasteiger partial charge in [-0.3, -0.25) is 4.79 Å². The van der Waals surface area contributed by atoms with Crippen molar-refractivity contribution in [3.63, 3.8) is 0 Å². The lowest BCUT2D eigenvalue weighted by Crippen LogP contribution is -2.29. The molecule has 2 aromatic rings. The molecule has 1 heterocycles. The SMILES string of the molecule is CSc1ccccc1C(=O)N1CCC(Cc2ccc(CO)cc2)C1. The van der Waals surface area contributed by atoms with Crippen LogP contribution in [0.4, 0.5) is 0 Å². The Kier molecular flexibility index (Phi) is 5.59. The Morgan fingerprint density at radius 1 is 1.17 bits per heavy atom. The molecule has 2 aromatic carbocycles. The molecule has 1 fully saturated rings. The van der Waals surface area contributed by atoms with Gasteiger partial charge in [-0.1, -0.05) is 36.4 Å². The van der Waals surface area contributed by atoms with Crippen LogP contribution in [-0.2, 0) is 13.0 Å². The van der Waals surface area contributed by atoms with Crippen LogP contribution in [-0.4, -0.2) is 35.3 Å². The molecule has 1 aliphatic heterocycles. The number of carbonyl (C=O) groups is 1. The minimum Gasteiger partial charge on any atom is -0.392 e. The number of rotatable bonds is 5. The average Bonchev–Trinajstić information content (AvgIpc) is 3.10. The first-order valence-corrected chi connectivity index (χ1v) is 9.54. The highest BCUT2D eigenvalue weighted by molar-refractivity contribution is 7.98. The number of likely N-dealkylation sites (tertiary alicyclic amines) is 1. The lowest BCUT2D eigenvalue weighted by atomic mass is 9.98. The van der Waals surface area contributed by atoms with E-state index in [9.17, 15) is 4.79 Å². The highest BCUT2D eigenvalue weighted by Crippen LogP contribution is 2.26. The molecule has 1 aliphatic rings. The molecule has 4 heteroatoms. The first kappa shape index (κ1) is 17.1. The van der Waals surface area contributed by atoms with E-state index in [0.29, 0.717) is 5.92 Å². The van der Waals surface area contributed by atoms with Crippen molar-refractivity contribution >= 4 is 17.7 Å². The summed E-state index contributed by atoms with van der Waals surface area (Å²) in [5, 5.41) is 9.11. The van der Waals surface area contributed by atoms with Crippen LogP contribution in [0.15, 0.2) is 53.4 Å². The van der Waals surface area contributed by atoms with Gasteiger partial charge >= 0.3 is 0 Å².